The van der Waals surface area contributed by atoms with Crippen molar-refractivity contribution in [3.8, 4) is 0 Å². The highest BCUT2D eigenvalue weighted by Crippen LogP contribution is 2.23. The molecule has 1 aromatic rings. The normalized spacial score (nSPS) is 13.6. The van der Waals surface area contributed by atoms with Crippen molar-refractivity contribution in [3.63, 3.8) is 0 Å². The number of halogens is 1. The van der Waals surface area contributed by atoms with E-state index in [2.05, 4.69) is 4.72 Å². The van der Waals surface area contributed by atoms with Crippen molar-refractivity contribution < 1.29 is 26.7 Å². The van der Waals surface area contributed by atoms with Crippen LogP contribution in [-0.4, -0.2) is 40.2 Å². The van der Waals surface area contributed by atoms with E-state index in [1.54, 1.807) is 0 Å². The number of benzene rings is 1. The van der Waals surface area contributed by atoms with Crippen LogP contribution in [-0.2, 0) is 30.4 Å². The fourth-order valence-corrected chi connectivity index (χ4v) is 4.70. The zero-order valence-corrected chi connectivity index (χ0v) is 15.7. The van der Waals surface area contributed by atoms with Crippen molar-refractivity contribution >= 4 is 37.4 Å². The molecule has 0 aliphatic carbocycles. The predicted molar refractivity (Wildman–Crippen MR) is 91.3 cm³/mol. The number of hydrogen-bond acceptors (Lipinski definition) is 5. The van der Waals surface area contributed by atoms with E-state index in [9.17, 15) is 26.7 Å². The number of sulfonamides is 1. The van der Waals surface area contributed by atoms with Crippen LogP contribution < -0.4 is 4.72 Å². The SMILES string of the molecule is CCCCC(NS(=O)(=O)c1cc(Cl)ccc1CS(C)(=O)=O)C(=O)O. The zero-order chi connectivity index (χ0) is 18.5. The molecule has 136 valence electrons. The van der Waals surface area contributed by atoms with Gasteiger partial charge in [0.1, 0.15) is 6.04 Å². The molecule has 1 aromatic carbocycles. The first-order valence-electron chi connectivity index (χ1n) is 7.17. The van der Waals surface area contributed by atoms with Crippen LogP contribution in [0.5, 0.6) is 0 Å². The monoisotopic (exact) mass is 397 g/mol. The molecule has 0 aromatic heterocycles. The highest BCUT2D eigenvalue weighted by Gasteiger charge is 2.27. The summed E-state index contributed by atoms with van der Waals surface area (Å²) in [6, 6.07) is 2.51. The van der Waals surface area contributed by atoms with Gasteiger partial charge in [-0.1, -0.05) is 37.4 Å². The molecule has 0 amide bonds. The summed E-state index contributed by atoms with van der Waals surface area (Å²) in [5.74, 6) is -1.79. The Bertz CT molecular complexity index is 805. The molecule has 0 fully saturated rings. The van der Waals surface area contributed by atoms with Crippen LogP contribution in [0.2, 0.25) is 5.02 Å². The second kappa shape index (κ2) is 8.28. The maximum atomic E-state index is 12.5. The van der Waals surface area contributed by atoms with Gasteiger partial charge >= 0.3 is 5.97 Å². The Kier molecular flexibility index (Phi) is 7.21. The Labute approximate surface area is 147 Å². The number of carbonyl (C=O) groups is 1. The number of rotatable bonds is 9. The minimum atomic E-state index is -4.24. The fourth-order valence-electron chi connectivity index (χ4n) is 2.07. The smallest absolute Gasteiger partial charge is 0.321 e. The summed E-state index contributed by atoms with van der Waals surface area (Å²) in [6.45, 7) is 1.86. The van der Waals surface area contributed by atoms with Crippen molar-refractivity contribution in [2.45, 2.75) is 42.9 Å². The van der Waals surface area contributed by atoms with E-state index in [1.165, 1.54) is 12.1 Å². The summed E-state index contributed by atoms with van der Waals surface area (Å²) in [5.41, 5.74) is 0.0361. The van der Waals surface area contributed by atoms with Crippen LogP contribution in [0.15, 0.2) is 23.1 Å². The van der Waals surface area contributed by atoms with E-state index in [-0.39, 0.29) is 21.9 Å². The third kappa shape index (κ3) is 6.39. The maximum Gasteiger partial charge on any atom is 0.321 e. The van der Waals surface area contributed by atoms with E-state index in [0.29, 0.717) is 12.8 Å². The molecule has 0 heterocycles. The largest absolute Gasteiger partial charge is 0.480 e. The van der Waals surface area contributed by atoms with Crippen molar-refractivity contribution in [1.82, 2.24) is 4.72 Å². The van der Waals surface area contributed by atoms with Crippen molar-refractivity contribution in [3.05, 3.63) is 28.8 Å². The zero-order valence-electron chi connectivity index (χ0n) is 13.3. The van der Waals surface area contributed by atoms with Crippen LogP contribution in [0.25, 0.3) is 0 Å². The number of nitrogens with one attached hydrogen (secondary N) is 1. The molecule has 10 heteroatoms. The van der Waals surface area contributed by atoms with Gasteiger partial charge in [-0.3, -0.25) is 4.79 Å². The topological polar surface area (TPSA) is 118 Å². The van der Waals surface area contributed by atoms with Crippen LogP contribution >= 0.6 is 11.6 Å². The Morgan fingerprint density at radius 3 is 2.42 bits per heavy atom. The predicted octanol–water partition coefficient (Wildman–Crippen LogP) is 1.81. The van der Waals surface area contributed by atoms with Crippen LogP contribution in [0.1, 0.15) is 31.7 Å². The Hall–Kier alpha value is -1.16. The average Bonchev–Trinajstić information content (AvgIpc) is 2.43. The Morgan fingerprint density at radius 1 is 1.29 bits per heavy atom. The van der Waals surface area contributed by atoms with Gasteiger partial charge in [0.25, 0.3) is 0 Å². The molecular formula is C14H20ClNO6S2. The minimum absolute atomic E-state index is 0.0361. The van der Waals surface area contributed by atoms with Crippen molar-refractivity contribution in [2.75, 3.05) is 6.26 Å². The molecule has 24 heavy (non-hydrogen) atoms. The maximum absolute atomic E-state index is 12.5. The van der Waals surface area contributed by atoms with E-state index >= 15 is 0 Å². The van der Waals surface area contributed by atoms with Crippen molar-refractivity contribution in [2.24, 2.45) is 0 Å². The summed E-state index contributed by atoms with van der Waals surface area (Å²) in [4.78, 5) is 10.9. The molecule has 1 rings (SSSR count). The quantitative estimate of drug-likeness (QED) is 0.656. The molecule has 0 saturated heterocycles. The molecule has 1 atom stereocenters. The number of unbranched alkanes of at least 4 members (excludes halogenated alkanes) is 1. The van der Waals surface area contributed by atoms with E-state index in [0.717, 1.165) is 12.3 Å². The van der Waals surface area contributed by atoms with E-state index < -0.39 is 37.6 Å². The third-order valence-corrected chi connectivity index (χ3v) is 5.80. The summed E-state index contributed by atoms with van der Waals surface area (Å²) in [7, 11) is -7.72. The summed E-state index contributed by atoms with van der Waals surface area (Å²) >= 11 is 5.82. The van der Waals surface area contributed by atoms with Gasteiger partial charge in [-0.15, -0.1) is 0 Å². The van der Waals surface area contributed by atoms with Gasteiger partial charge in [0.2, 0.25) is 10.0 Å². The summed E-state index contributed by atoms with van der Waals surface area (Å²) in [6.07, 6.45) is 2.35. The average molecular weight is 398 g/mol. The molecule has 7 nitrogen and oxygen atoms in total. The number of aliphatic carboxylic acids is 1. The highest BCUT2D eigenvalue weighted by atomic mass is 35.5. The van der Waals surface area contributed by atoms with Crippen molar-refractivity contribution in [1.29, 1.82) is 0 Å². The number of carboxylic acids is 1. The third-order valence-electron chi connectivity index (χ3n) is 3.18. The van der Waals surface area contributed by atoms with Gasteiger partial charge in [0.05, 0.1) is 10.6 Å². The van der Waals surface area contributed by atoms with Gasteiger partial charge < -0.3 is 5.11 Å². The second-order valence-electron chi connectivity index (χ2n) is 5.48. The Balaban J connectivity index is 3.26. The fraction of sp³-hybridized carbons (Fsp3) is 0.500. The standard InChI is InChI=1S/C14H20ClNO6S2/c1-3-4-5-12(14(17)18)16-24(21,22)13-8-11(15)7-6-10(13)9-23(2,19)20/h6-8,12,16H,3-5,9H2,1-2H3,(H,17,18). The lowest BCUT2D eigenvalue weighted by Crippen LogP contribution is -2.41. The lowest BCUT2D eigenvalue weighted by atomic mass is 10.1. The molecule has 2 N–H and O–H groups in total. The minimum Gasteiger partial charge on any atom is -0.480 e. The van der Waals surface area contributed by atoms with E-state index in [1.807, 2.05) is 6.92 Å². The van der Waals surface area contributed by atoms with E-state index in [4.69, 9.17) is 11.6 Å². The number of sulfone groups is 1. The summed E-state index contributed by atoms with van der Waals surface area (Å²) < 4.78 is 50.2. The molecule has 0 saturated carbocycles. The molecule has 0 aliphatic heterocycles. The highest BCUT2D eigenvalue weighted by molar-refractivity contribution is 7.90. The molecular weight excluding hydrogens is 378 g/mol. The first-order chi connectivity index (χ1) is 11.0. The molecule has 0 spiro atoms. The van der Waals surface area contributed by atoms with Gasteiger partial charge in [0.15, 0.2) is 9.84 Å². The number of hydrogen-bond donors (Lipinski definition) is 2. The first-order valence-corrected chi connectivity index (χ1v) is 11.1. The van der Waals surface area contributed by atoms with Gasteiger partial charge in [-0.25, -0.2) is 16.8 Å². The summed E-state index contributed by atoms with van der Waals surface area (Å²) in [5, 5.41) is 9.28. The van der Waals surface area contributed by atoms with Crippen LogP contribution in [0, 0.1) is 0 Å². The molecule has 0 radical (unpaired) electrons. The van der Waals surface area contributed by atoms with Gasteiger partial charge in [-0.05, 0) is 24.1 Å². The Morgan fingerprint density at radius 2 is 1.92 bits per heavy atom. The van der Waals surface area contributed by atoms with Gasteiger partial charge in [-0.2, -0.15) is 4.72 Å². The van der Waals surface area contributed by atoms with Crippen LogP contribution in [0.3, 0.4) is 0 Å². The number of carboxylic acid groups (broad SMARTS) is 1. The second-order valence-corrected chi connectivity index (χ2v) is 9.74. The molecule has 1 unspecified atom stereocenters. The lowest BCUT2D eigenvalue weighted by molar-refractivity contribution is -0.139. The van der Waals surface area contributed by atoms with Gasteiger partial charge in [0, 0.05) is 11.3 Å². The lowest BCUT2D eigenvalue weighted by Gasteiger charge is -2.16. The van der Waals surface area contributed by atoms with Crippen LogP contribution in [0.4, 0.5) is 0 Å². The molecule has 0 bridgehead atoms. The molecule has 0 aliphatic rings. The first kappa shape index (κ1) is 20.9.